The van der Waals surface area contributed by atoms with Crippen molar-refractivity contribution in [2.24, 2.45) is 0 Å². The number of rotatable bonds is 0. The van der Waals surface area contributed by atoms with Gasteiger partial charge in [0.1, 0.15) is 28.7 Å². The van der Waals surface area contributed by atoms with Crippen LogP contribution in [0.2, 0.25) is 0 Å². The average Bonchev–Trinajstić information content (AvgIpc) is 3.17. The van der Waals surface area contributed by atoms with Crippen LogP contribution in [0.3, 0.4) is 0 Å². The molecule has 0 aliphatic carbocycles. The van der Waals surface area contributed by atoms with Gasteiger partial charge in [-0.3, -0.25) is 0 Å². The van der Waals surface area contributed by atoms with Crippen LogP contribution in [0.5, 0.6) is 28.7 Å². The van der Waals surface area contributed by atoms with E-state index in [0.29, 0.717) is 39.5 Å². The van der Waals surface area contributed by atoms with Crippen molar-refractivity contribution in [3.8, 4) is 28.7 Å². The molecule has 0 bridgehead atoms. The van der Waals surface area contributed by atoms with Crippen LogP contribution in [0.1, 0.15) is 32.6 Å². The molecule has 2 heterocycles. The SMILES string of the molecule is Cc1ccc2c(O)cccc2c1.O=C1OC2(c3ccc(O)cc3Oc3cc(O)ccc32)c2ccccc21. The number of carbonyl (C=O) groups is 1. The highest BCUT2D eigenvalue weighted by molar-refractivity contribution is 5.97. The number of hydrogen-bond acceptors (Lipinski definition) is 6. The van der Waals surface area contributed by atoms with Crippen LogP contribution in [0.15, 0.2) is 97.1 Å². The Balaban J connectivity index is 0.000000176. The number of aromatic hydroxyl groups is 3. The smallest absolute Gasteiger partial charge is 0.340 e. The number of fused-ring (bicyclic) bond motifs is 7. The van der Waals surface area contributed by atoms with Gasteiger partial charge in [-0.1, -0.05) is 54.1 Å². The normalized spacial score (nSPS) is 14.0. The van der Waals surface area contributed by atoms with E-state index in [9.17, 15) is 20.1 Å². The number of benzene rings is 5. The second-order valence-corrected chi connectivity index (χ2v) is 9.08. The molecule has 0 unspecified atom stereocenters. The van der Waals surface area contributed by atoms with Gasteiger partial charge in [0.05, 0.1) is 5.56 Å². The summed E-state index contributed by atoms with van der Waals surface area (Å²) in [6, 6.07) is 28.2. The van der Waals surface area contributed by atoms with Gasteiger partial charge in [-0.2, -0.15) is 0 Å². The molecule has 0 atom stereocenters. The van der Waals surface area contributed by atoms with E-state index < -0.39 is 11.6 Å². The standard InChI is InChI=1S/C20H12O5.C11H10O/c21-11-5-7-15-17(9-11)24-18-10-12(22)6-8-16(18)20(15)14-4-2-1-3-13(14)19(23)25-20;1-8-5-6-10-9(7-8)3-2-4-11(10)12/h1-10,21-22H;2-7,12H,1H3. The van der Waals surface area contributed by atoms with Crippen molar-refractivity contribution in [1.82, 2.24) is 0 Å². The van der Waals surface area contributed by atoms with Gasteiger partial charge in [0.15, 0.2) is 5.60 Å². The third-order valence-corrected chi connectivity index (χ3v) is 6.69. The largest absolute Gasteiger partial charge is 0.508 e. The average molecular weight is 491 g/mol. The van der Waals surface area contributed by atoms with Gasteiger partial charge < -0.3 is 24.8 Å². The predicted octanol–water partition coefficient (Wildman–Crippen LogP) is 6.52. The Hall–Kier alpha value is -4.97. The van der Waals surface area contributed by atoms with Gasteiger partial charge in [0.2, 0.25) is 0 Å². The summed E-state index contributed by atoms with van der Waals surface area (Å²) in [6.45, 7) is 2.05. The molecule has 6 nitrogen and oxygen atoms in total. The Bertz CT molecular complexity index is 1650. The Morgan fingerprint density at radius 2 is 1.35 bits per heavy atom. The topological polar surface area (TPSA) is 96.2 Å². The number of esters is 1. The van der Waals surface area contributed by atoms with Crippen molar-refractivity contribution in [2.45, 2.75) is 12.5 Å². The van der Waals surface area contributed by atoms with E-state index in [2.05, 4.69) is 6.07 Å². The summed E-state index contributed by atoms with van der Waals surface area (Å²) < 4.78 is 11.8. The van der Waals surface area contributed by atoms with Gasteiger partial charge in [0, 0.05) is 34.2 Å². The van der Waals surface area contributed by atoms with E-state index in [1.54, 1.807) is 30.3 Å². The molecular weight excluding hydrogens is 468 g/mol. The van der Waals surface area contributed by atoms with Crippen LogP contribution in [0.25, 0.3) is 10.8 Å². The lowest BCUT2D eigenvalue weighted by molar-refractivity contribution is 0.0224. The number of phenols is 3. The van der Waals surface area contributed by atoms with Crippen LogP contribution in [0, 0.1) is 6.92 Å². The molecule has 0 radical (unpaired) electrons. The van der Waals surface area contributed by atoms with Gasteiger partial charge in [0.25, 0.3) is 0 Å². The first-order valence-electron chi connectivity index (χ1n) is 11.7. The number of hydrogen-bond donors (Lipinski definition) is 3. The van der Waals surface area contributed by atoms with E-state index in [1.165, 1.54) is 29.8 Å². The van der Waals surface area contributed by atoms with Crippen molar-refractivity contribution in [3.05, 3.63) is 125 Å². The molecule has 3 N–H and O–H groups in total. The van der Waals surface area contributed by atoms with E-state index in [4.69, 9.17) is 9.47 Å². The highest BCUT2D eigenvalue weighted by atomic mass is 16.6. The second-order valence-electron chi connectivity index (χ2n) is 9.08. The van der Waals surface area contributed by atoms with Crippen molar-refractivity contribution in [2.75, 3.05) is 0 Å². The van der Waals surface area contributed by atoms with E-state index in [-0.39, 0.29) is 11.5 Å². The first-order valence-corrected chi connectivity index (χ1v) is 11.7. The van der Waals surface area contributed by atoms with Crippen molar-refractivity contribution < 1.29 is 29.6 Å². The third-order valence-electron chi connectivity index (χ3n) is 6.69. The fraction of sp³-hybridized carbons (Fsp3) is 0.0645. The minimum absolute atomic E-state index is 0.0371. The number of carbonyl (C=O) groups excluding carboxylic acids is 1. The van der Waals surface area contributed by atoms with Crippen molar-refractivity contribution in [1.29, 1.82) is 0 Å². The second kappa shape index (κ2) is 8.31. The van der Waals surface area contributed by atoms with Crippen LogP contribution in [0.4, 0.5) is 0 Å². The zero-order valence-electron chi connectivity index (χ0n) is 19.8. The molecule has 5 aromatic carbocycles. The molecule has 5 aromatic rings. The molecule has 37 heavy (non-hydrogen) atoms. The van der Waals surface area contributed by atoms with Gasteiger partial charge in [-0.05, 0) is 48.7 Å². The summed E-state index contributed by atoms with van der Waals surface area (Å²) in [4.78, 5) is 12.5. The lowest BCUT2D eigenvalue weighted by Gasteiger charge is -2.36. The molecule has 0 aromatic heterocycles. The highest BCUT2D eigenvalue weighted by Crippen LogP contribution is 2.56. The van der Waals surface area contributed by atoms with Crippen LogP contribution in [-0.4, -0.2) is 21.3 Å². The van der Waals surface area contributed by atoms with Gasteiger partial charge >= 0.3 is 5.97 Å². The molecule has 6 heteroatoms. The minimum atomic E-state index is -1.17. The maximum atomic E-state index is 12.5. The van der Waals surface area contributed by atoms with Crippen LogP contribution >= 0.6 is 0 Å². The molecule has 1 spiro atoms. The summed E-state index contributed by atoms with van der Waals surface area (Å²) in [7, 11) is 0. The Labute approximate surface area is 212 Å². The van der Waals surface area contributed by atoms with Crippen LogP contribution in [-0.2, 0) is 10.3 Å². The monoisotopic (exact) mass is 490 g/mol. The molecule has 2 aliphatic heterocycles. The van der Waals surface area contributed by atoms with Gasteiger partial charge in [-0.15, -0.1) is 0 Å². The predicted molar refractivity (Wildman–Crippen MR) is 138 cm³/mol. The van der Waals surface area contributed by atoms with E-state index in [0.717, 1.165) is 10.8 Å². The van der Waals surface area contributed by atoms with E-state index in [1.807, 2.05) is 43.3 Å². The molecule has 0 saturated carbocycles. The third kappa shape index (κ3) is 3.53. The Morgan fingerprint density at radius 3 is 2.05 bits per heavy atom. The first kappa shape index (κ1) is 22.5. The molecule has 2 aliphatic rings. The van der Waals surface area contributed by atoms with Crippen molar-refractivity contribution >= 4 is 16.7 Å². The summed E-state index contributed by atoms with van der Waals surface area (Å²) in [6.07, 6.45) is 0. The molecule has 0 fully saturated rings. The molecule has 0 saturated heterocycles. The molecule has 182 valence electrons. The highest BCUT2D eigenvalue weighted by Gasteiger charge is 2.53. The first-order chi connectivity index (χ1) is 17.9. The zero-order chi connectivity index (χ0) is 25.7. The molecular formula is C31H22O6. The maximum absolute atomic E-state index is 12.5. The lowest BCUT2D eigenvalue weighted by Crippen LogP contribution is -2.32. The van der Waals surface area contributed by atoms with E-state index >= 15 is 0 Å². The Kier molecular flexibility index (Phi) is 5.05. The minimum Gasteiger partial charge on any atom is -0.508 e. The Morgan fingerprint density at radius 1 is 0.676 bits per heavy atom. The summed E-state index contributed by atoms with van der Waals surface area (Å²) in [5.41, 5.74) is 2.50. The molecule has 0 amide bonds. The summed E-state index contributed by atoms with van der Waals surface area (Å²) >= 11 is 0. The lowest BCUT2D eigenvalue weighted by atomic mass is 9.77. The van der Waals surface area contributed by atoms with Crippen molar-refractivity contribution in [3.63, 3.8) is 0 Å². The quantitative estimate of drug-likeness (QED) is 0.214. The number of aryl methyl sites for hydroxylation is 1. The van der Waals surface area contributed by atoms with Gasteiger partial charge in [-0.25, -0.2) is 4.79 Å². The number of ether oxygens (including phenoxy) is 2. The molecule has 7 rings (SSSR count). The number of phenolic OH excluding ortho intramolecular Hbond substituents is 3. The maximum Gasteiger partial charge on any atom is 0.340 e. The summed E-state index contributed by atoms with van der Waals surface area (Å²) in [5.74, 6) is 0.762. The zero-order valence-corrected chi connectivity index (χ0v) is 19.8. The van der Waals surface area contributed by atoms with Crippen LogP contribution < -0.4 is 4.74 Å². The fourth-order valence-electron chi connectivity index (χ4n) is 5.04. The summed E-state index contributed by atoms with van der Waals surface area (Å²) in [5, 5.41) is 31.1. The fourth-order valence-corrected chi connectivity index (χ4v) is 5.04.